The van der Waals surface area contributed by atoms with E-state index in [2.05, 4.69) is 0 Å². The number of carboxylic acids is 1. The zero-order valence-corrected chi connectivity index (χ0v) is 8.49. The van der Waals surface area contributed by atoms with Crippen molar-refractivity contribution in [2.24, 2.45) is 5.92 Å². The molecule has 0 saturated heterocycles. The Morgan fingerprint density at radius 3 is 2.54 bits per heavy atom. The van der Waals surface area contributed by atoms with Crippen molar-refractivity contribution in [2.45, 2.75) is 38.6 Å². The van der Waals surface area contributed by atoms with Gasteiger partial charge in [0, 0.05) is 6.54 Å². The van der Waals surface area contributed by atoms with E-state index in [1.807, 2.05) is 18.9 Å². The van der Waals surface area contributed by atoms with Crippen LogP contribution in [0.1, 0.15) is 32.6 Å². The van der Waals surface area contributed by atoms with Crippen molar-refractivity contribution in [2.75, 3.05) is 13.6 Å². The Bertz CT molecular complexity index is 178. The number of hydrogen-bond acceptors (Lipinski definition) is 2. The van der Waals surface area contributed by atoms with Crippen LogP contribution in [0.2, 0.25) is 0 Å². The quantitative estimate of drug-likeness (QED) is 0.707. The van der Waals surface area contributed by atoms with Crippen LogP contribution in [-0.4, -0.2) is 35.6 Å². The Hall–Kier alpha value is -0.570. The number of aliphatic carboxylic acids is 1. The van der Waals surface area contributed by atoms with E-state index in [0.717, 1.165) is 12.5 Å². The standard InChI is InChI=1S/C10H19NO2/c1-3-9(10(12)13)11(2)7-8-5-4-6-8/h8-9H,3-7H2,1-2H3,(H,12,13). The molecule has 1 unspecified atom stereocenters. The van der Waals surface area contributed by atoms with E-state index in [-0.39, 0.29) is 6.04 Å². The topological polar surface area (TPSA) is 40.5 Å². The van der Waals surface area contributed by atoms with Gasteiger partial charge in [-0.25, -0.2) is 0 Å². The zero-order valence-electron chi connectivity index (χ0n) is 8.49. The Morgan fingerprint density at radius 2 is 2.23 bits per heavy atom. The average molecular weight is 185 g/mol. The van der Waals surface area contributed by atoms with Crippen LogP contribution >= 0.6 is 0 Å². The third-order valence-electron chi connectivity index (χ3n) is 2.97. The van der Waals surface area contributed by atoms with Crippen LogP contribution in [0.5, 0.6) is 0 Å². The van der Waals surface area contributed by atoms with Gasteiger partial charge in [-0.3, -0.25) is 9.69 Å². The van der Waals surface area contributed by atoms with Crippen LogP contribution in [0.15, 0.2) is 0 Å². The van der Waals surface area contributed by atoms with Gasteiger partial charge in [0.15, 0.2) is 0 Å². The molecule has 76 valence electrons. The number of hydrogen-bond donors (Lipinski definition) is 1. The summed E-state index contributed by atoms with van der Waals surface area (Å²) < 4.78 is 0. The smallest absolute Gasteiger partial charge is 0.320 e. The predicted octanol–water partition coefficient (Wildman–Crippen LogP) is 1.58. The molecule has 0 aliphatic heterocycles. The van der Waals surface area contributed by atoms with Crippen LogP contribution in [0, 0.1) is 5.92 Å². The van der Waals surface area contributed by atoms with E-state index >= 15 is 0 Å². The molecular formula is C10H19NO2. The van der Waals surface area contributed by atoms with Crippen molar-refractivity contribution in [3.63, 3.8) is 0 Å². The molecule has 0 aromatic rings. The number of likely N-dealkylation sites (N-methyl/N-ethyl adjacent to an activating group) is 1. The number of nitrogens with zero attached hydrogens (tertiary/aromatic N) is 1. The molecule has 0 aromatic carbocycles. The summed E-state index contributed by atoms with van der Waals surface area (Å²) in [7, 11) is 1.92. The molecule has 1 rings (SSSR count). The Balaban J connectivity index is 2.33. The lowest BCUT2D eigenvalue weighted by molar-refractivity contribution is -0.143. The van der Waals surface area contributed by atoms with Crippen molar-refractivity contribution >= 4 is 5.97 Å². The van der Waals surface area contributed by atoms with Crippen LogP contribution < -0.4 is 0 Å². The summed E-state index contributed by atoms with van der Waals surface area (Å²) >= 11 is 0. The van der Waals surface area contributed by atoms with E-state index in [0.29, 0.717) is 6.42 Å². The fourth-order valence-corrected chi connectivity index (χ4v) is 1.88. The highest BCUT2D eigenvalue weighted by molar-refractivity contribution is 5.73. The minimum Gasteiger partial charge on any atom is -0.480 e. The van der Waals surface area contributed by atoms with Gasteiger partial charge in [-0.1, -0.05) is 13.3 Å². The maximum absolute atomic E-state index is 10.8. The van der Waals surface area contributed by atoms with E-state index < -0.39 is 5.97 Å². The molecule has 0 aromatic heterocycles. The number of carboxylic acid groups (broad SMARTS) is 1. The van der Waals surface area contributed by atoms with Gasteiger partial charge in [0.25, 0.3) is 0 Å². The van der Waals surface area contributed by atoms with Gasteiger partial charge in [-0.05, 0) is 32.2 Å². The summed E-state index contributed by atoms with van der Waals surface area (Å²) in [6.07, 6.45) is 4.57. The van der Waals surface area contributed by atoms with Crippen molar-refractivity contribution in [3.05, 3.63) is 0 Å². The van der Waals surface area contributed by atoms with Crippen LogP contribution in [0.3, 0.4) is 0 Å². The molecule has 1 atom stereocenters. The van der Waals surface area contributed by atoms with Gasteiger partial charge in [0.05, 0.1) is 0 Å². The number of rotatable bonds is 5. The molecule has 3 heteroatoms. The first-order valence-electron chi connectivity index (χ1n) is 5.08. The van der Waals surface area contributed by atoms with Gasteiger partial charge in [-0.15, -0.1) is 0 Å². The molecule has 0 amide bonds. The molecule has 1 N–H and O–H groups in total. The molecule has 0 spiro atoms. The Labute approximate surface area is 79.7 Å². The fourth-order valence-electron chi connectivity index (χ4n) is 1.88. The molecule has 0 heterocycles. The summed E-state index contributed by atoms with van der Waals surface area (Å²) in [6, 6.07) is -0.291. The summed E-state index contributed by atoms with van der Waals surface area (Å²) in [5, 5.41) is 8.91. The highest BCUT2D eigenvalue weighted by Gasteiger charge is 2.25. The zero-order chi connectivity index (χ0) is 9.84. The molecule has 1 aliphatic carbocycles. The molecular weight excluding hydrogens is 166 g/mol. The molecule has 13 heavy (non-hydrogen) atoms. The molecule has 0 radical (unpaired) electrons. The molecule has 1 saturated carbocycles. The third kappa shape index (κ3) is 2.69. The largest absolute Gasteiger partial charge is 0.480 e. The number of carbonyl (C=O) groups is 1. The van der Waals surface area contributed by atoms with E-state index in [9.17, 15) is 4.79 Å². The van der Waals surface area contributed by atoms with E-state index in [1.165, 1.54) is 19.3 Å². The molecule has 1 aliphatic rings. The summed E-state index contributed by atoms with van der Waals surface area (Å²) in [5.41, 5.74) is 0. The Morgan fingerprint density at radius 1 is 1.62 bits per heavy atom. The van der Waals surface area contributed by atoms with Gasteiger partial charge in [-0.2, -0.15) is 0 Å². The highest BCUT2D eigenvalue weighted by atomic mass is 16.4. The minimum atomic E-state index is -0.690. The van der Waals surface area contributed by atoms with Crippen molar-refractivity contribution in [3.8, 4) is 0 Å². The second-order valence-corrected chi connectivity index (χ2v) is 4.00. The van der Waals surface area contributed by atoms with Gasteiger partial charge in [0.2, 0.25) is 0 Å². The second-order valence-electron chi connectivity index (χ2n) is 4.00. The highest BCUT2D eigenvalue weighted by Crippen LogP contribution is 2.27. The first-order valence-corrected chi connectivity index (χ1v) is 5.08. The molecule has 3 nitrogen and oxygen atoms in total. The Kier molecular flexibility index (Phi) is 3.72. The van der Waals surface area contributed by atoms with Crippen LogP contribution in [0.4, 0.5) is 0 Å². The summed E-state index contributed by atoms with van der Waals surface area (Å²) in [4.78, 5) is 12.8. The lowest BCUT2D eigenvalue weighted by atomic mass is 9.85. The van der Waals surface area contributed by atoms with E-state index in [1.54, 1.807) is 0 Å². The average Bonchev–Trinajstić information content (AvgIpc) is 1.97. The van der Waals surface area contributed by atoms with Gasteiger partial charge < -0.3 is 5.11 Å². The summed E-state index contributed by atoms with van der Waals surface area (Å²) in [5.74, 6) is 0.0581. The predicted molar refractivity (Wildman–Crippen MR) is 51.7 cm³/mol. The van der Waals surface area contributed by atoms with Gasteiger partial charge >= 0.3 is 5.97 Å². The molecule has 0 bridgehead atoms. The lowest BCUT2D eigenvalue weighted by Crippen LogP contribution is -2.41. The molecule has 1 fully saturated rings. The maximum atomic E-state index is 10.8. The first kappa shape index (κ1) is 10.5. The van der Waals surface area contributed by atoms with Crippen LogP contribution in [-0.2, 0) is 4.79 Å². The second kappa shape index (κ2) is 4.61. The monoisotopic (exact) mass is 185 g/mol. The van der Waals surface area contributed by atoms with Crippen molar-refractivity contribution in [1.29, 1.82) is 0 Å². The first-order chi connectivity index (χ1) is 6.15. The summed E-state index contributed by atoms with van der Waals surface area (Å²) in [6.45, 7) is 2.88. The SMILES string of the molecule is CCC(C(=O)O)N(C)CC1CCC1. The van der Waals surface area contributed by atoms with Crippen molar-refractivity contribution < 1.29 is 9.90 Å². The van der Waals surface area contributed by atoms with E-state index in [4.69, 9.17) is 5.11 Å². The maximum Gasteiger partial charge on any atom is 0.320 e. The van der Waals surface area contributed by atoms with Gasteiger partial charge in [0.1, 0.15) is 6.04 Å². The van der Waals surface area contributed by atoms with Crippen molar-refractivity contribution in [1.82, 2.24) is 4.90 Å². The third-order valence-corrected chi connectivity index (χ3v) is 2.97. The minimum absolute atomic E-state index is 0.291. The van der Waals surface area contributed by atoms with Crippen LogP contribution in [0.25, 0.3) is 0 Å². The normalized spacial score (nSPS) is 19.9. The fraction of sp³-hybridized carbons (Fsp3) is 0.900. The lowest BCUT2D eigenvalue weighted by Gasteiger charge is -2.32.